The number of rotatable bonds is 6. The van der Waals surface area contributed by atoms with Gasteiger partial charge >= 0.3 is 0 Å². The Morgan fingerprint density at radius 3 is 2.81 bits per heavy atom. The van der Waals surface area contributed by atoms with Gasteiger partial charge in [-0.15, -0.1) is 11.3 Å². The lowest BCUT2D eigenvalue weighted by Gasteiger charge is -2.10. The van der Waals surface area contributed by atoms with Crippen LogP contribution in [0.2, 0.25) is 0 Å². The first-order valence-electron chi connectivity index (χ1n) is 4.99. The van der Waals surface area contributed by atoms with Gasteiger partial charge in [0.05, 0.1) is 21.8 Å². The van der Waals surface area contributed by atoms with E-state index in [9.17, 15) is 8.42 Å². The number of hydrogen-bond acceptors (Lipinski definition) is 5. The quantitative estimate of drug-likeness (QED) is 0.868. The van der Waals surface area contributed by atoms with Crippen LogP contribution in [0.15, 0.2) is 9.98 Å². The van der Waals surface area contributed by atoms with Crippen molar-refractivity contribution in [2.75, 3.05) is 18.1 Å². The van der Waals surface area contributed by atoms with E-state index in [-0.39, 0.29) is 17.5 Å². The molecule has 0 spiro atoms. The molecule has 0 aromatic carbocycles. The van der Waals surface area contributed by atoms with E-state index in [1.54, 1.807) is 24.5 Å². The van der Waals surface area contributed by atoms with E-state index in [2.05, 4.69) is 26.2 Å². The summed E-state index contributed by atoms with van der Waals surface area (Å²) in [5, 5.41) is 4.11. The zero-order chi connectivity index (χ0) is 12.2. The van der Waals surface area contributed by atoms with Crippen molar-refractivity contribution in [3.05, 3.63) is 15.0 Å². The summed E-state index contributed by atoms with van der Waals surface area (Å²) in [7, 11) is -2.88. The van der Waals surface area contributed by atoms with Gasteiger partial charge in [-0.1, -0.05) is 6.92 Å². The van der Waals surface area contributed by atoms with E-state index < -0.39 is 9.84 Å². The van der Waals surface area contributed by atoms with Crippen molar-refractivity contribution >= 4 is 37.1 Å². The first kappa shape index (κ1) is 14.1. The molecule has 1 rings (SSSR count). The molecule has 0 aliphatic heterocycles. The molecule has 1 aromatic rings. The van der Waals surface area contributed by atoms with E-state index in [0.717, 1.165) is 8.79 Å². The van der Waals surface area contributed by atoms with Gasteiger partial charge in [0.2, 0.25) is 0 Å². The molecule has 92 valence electrons. The zero-order valence-electron chi connectivity index (χ0n) is 9.23. The van der Waals surface area contributed by atoms with Crippen LogP contribution < -0.4 is 5.32 Å². The summed E-state index contributed by atoms with van der Waals surface area (Å²) < 4.78 is 23.5. The van der Waals surface area contributed by atoms with Crippen molar-refractivity contribution in [3.8, 4) is 0 Å². The van der Waals surface area contributed by atoms with Gasteiger partial charge in [0, 0.05) is 12.3 Å². The predicted octanol–water partition coefficient (Wildman–Crippen LogP) is 1.99. The molecule has 0 fully saturated rings. The molecule has 7 heteroatoms. The minimum atomic E-state index is -2.88. The van der Waals surface area contributed by atoms with Crippen LogP contribution in [0.5, 0.6) is 0 Å². The Labute approximate surface area is 109 Å². The average molecular weight is 327 g/mol. The van der Waals surface area contributed by atoms with Crippen molar-refractivity contribution in [2.24, 2.45) is 0 Å². The maximum absolute atomic E-state index is 11.3. The number of halogens is 1. The van der Waals surface area contributed by atoms with Crippen LogP contribution in [0.4, 0.5) is 0 Å². The van der Waals surface area contributed by atoms with Crippen LogP contribution in [0.3, 0.4) is 0 Å². The Balaban J connectivity index is 2.39. The van der Waals surface area contributed by atoms with Crippen LogP contribution in [-0.2, 0) is 9.84 Å². The fraction of sp³-hybridized carbons (Fsp3) is 0.667. The van der Waals surface area contributed by atoms with Gasteiger partial charge in [0.15, 0.2) is 9.84 Å². The largest absolute Gasteiger partial charge is 0.307 e. The molecule has 0 bridgehead atoms. The standard InChI is InChI=1S/C9H15BrN2O2S2/c1-3-16(13,14)5-4-11-7(2)9-12-6-8(10)15-9/h6-7,11H,3-5H2,1-2H3. The molecular weight excluding hydrogens is 312 g/mol. The third-order valence-electron chi connectivity index (χ3n) is 2.17. The number of hydrogen-bond donors (Lipinski definition) is 1. The van der Waals surface area contributed by atoms with Crippen LogP contribution >= 0.6 is 27.3 Å². The molecule has 4 nitrogen and oxygen atoms in total. The molecule has 1 atom stereocenters. The average Bonchev–Trinajstić information content (AvgIpc) is 2.64. The van der Waals surface area contributed by atoms with Gasteiger partial charge in [-0.2, -0.15) is 0 Å². The maximum Gasteiger partial charge on any atom is 0.151 e. The van der Waals surface area contributed by atoms with E-state index in [4.69, 9.17) is 0 Å². The Hall–Kier alpha value is 0.0200. The molecule has 1 heterocycles. The lowest BCUT2D eigenvalue weighted by molar-refractivity contribution is 0.571. The van der Waals surface area contributed by atoms with Crippen molar-refractivity contribution in [1.29, 1.82) is 0 Å². The fourth-order valence-electron chi connectivity index (χ4n) is 1.13. The summed E-state index contributed by atoms with van der Waals surface area (Å²) in [6, 6.07) is 0.0864. The Morgan fingerprint density at radius 2 is 2.31 bits per heavy atom. The number of thiazole rings is 1. The number of nitrogens with zero attached hydrogens (tertiary/aromatic N) is 1. The summed E-state index contributed by atoms with van der Waals surface area (Å²) in [6.45, 7) is 4.11. The van der Waals surface area contributed by atoms with Crippen molar-refractivity contribution in [2.45, 2.75) is 19.9 Å². The second kappa shape index (κ2) is 6.09. The molecule has 0 radical (unpaired) electrons. The molecule has 1 N–H and O–H groups in total. The first-order valence-corrected chi connectivity index (χ1v) is 8.42. The molecule has 0 aliphatic carbocycles. The third-order valence-corrected chi connectivity index (χ3v) is 5.53. The van der Waals surface area contributed by atoms with Gasteiger partial charge in [-0.3, -0.25) is 0 Å². The Morgan fingerprint density at radius 1 is 1.62 bits per heavy atom. The maximum atomic E-state index is 11.3. The minimum Gasteiger partial charge on any atom is -0.307 e. The Kier molecular flexibility index (Phi) is 5.36. The summed E-state index contributed by atoms with van der Waals surface area (Å²) >= 11 is 4.90. The van der Waals surface area contributed by atoms with Crippen molar-refractivity contribution in [3.63, 3.8) is 0 Å². The van der Waals surface area contributed by atoms with Gasteiger partial charge in [-0.05, 0) is 22.9 Å². The normalized spacial score (nSPS) is 13.9. The van der Waals surface area contributed by atoms with Gasteiger partial charge in [-0.25, -0.2) is 13.4 Å². The number of aromatic nitrogens is 1. The monoisotopic (exact) mass is 326 g/mol. The van der Waals surface area contributed by atoms with Crippen LogP contribution in [0.25, 0.3) is 0 Å². The fourth-order valence-corrected chi connectivity index (χ4v) is 3.12. The smallest absolute Gasteiger partial charge is 0.151 e. The third kappa shape index (κ3) is 4.48. The highest BCUT2D eigenvalue weighted by Crippen LogP contribution is 2.23. The molecule has 1 unspecified atom stereocenters. The summed E-state index contributed by atoms with van der Waals surface area (Å²) in [5.74, 6) is 0.381. The summed E-state index contributed by atoms with van der Waals surface area (Å²) in [6.07, 6.45) is 1.75. The van der Waals surface area contributed by atoms with E-state index in [0.29, 0.717) is 6.54 Å². The number of nitrogens with one attached hydrogen (secondary N) is 1. The topological polar surface area (TPSA) is 59.1 Å². The Bertz CT molecular complexity index is 430. The predicted molar refractivity (Wildman–Crippen MR) is 70.6 cm³/mol. The van der Waals surface area contributed by atoms with Gasteiger partial charge in [0.1, 0.15) is 5.01 Å². The van der Waals surface area contributed by atoms with Crippen LogP contribution in [0.1, 0.15) is 24.9 Å². The van der Waals surface area contributed by atoms with Crippen LogP contribution in [0, 0.1) is 0 Å². The SMILES string of the molecule is CCS(=O)(=O)CCNC(C)c1ncc(Br)s1. The lowest BCUT2D eigenvalue weighted by Crippen LogP contribution is -2.26. The van der Waals surface area contributed by atoms with E-state index >= 15 is 0 Å². The van der Waals surface area contributed by atoms with Crippen LogP contribution in [-0.4, -0.2) is 31.5 Å². The highest BCUT2D eigenvalue weighted by atomic mass is 79.9. The molecule has 1 aromatic heterocycles. The van der Waals surface area contributed by atoms with Gasteiger partial charge in [0.25, 0.3) is 0 Å². The van der Waals surface area contributed by atoms with E-state index in [1.807, 2.05) is 6.92 Å². The first-order chi connectivity index (χ1) is 7.44. The lowest BCUT2D eigenvalue weighted by atomic mass is 10.3. The molecule has 0 saturated carbocycles. The van der Waals surface area contributed by atoms with Crippen molar-refractivity contribution in [1.82, 2.24) is 10.3 Å². The second-order valence-electron chi connectivity index (χ2n) is 3.41. The van der Waals surface area contributed by atoms with Gasteiger partial charge < -0.3 is 5.32 Å². The number of sulfone groups is 1. The molecule has 16 heavy (non-hydrogen) atoms. The van der Waals surface area contributed by atoms with Crippen molar-refractivity contribution < 1.29 is 8.42 Å². The molecule has 0 aliphatic rings. The summed E-state index contributed by atoms with van der Waals surface area (Å²) in [5.41, 5.74) is 0. The molecule has 0 saturated heterocycles. The minimum absolute atomic E-state index is 0.0864. The second-order valence-corrected chi connectivity index (χ2v) is 8.33. The molecule has 0 amide bonds. The summed E-state index contributed by atoms with van der Waals surface area (Å²) in [4.78, 5) is 4.21. The van der Waals surface area contributed by atoms with E-state index in [1.165, 1.54) is 0 Å². The zero-order valence-corrected chi connectivity index (χ0v) is 12.5. The highest BCUT2D eigenvalue weighted by Gasteiger charge is 2.11. The highest BCUT2D eigenvalue weighted by molar-refractivity contribution is 9.11. The molecular formula is C9H15BrN2O2S2.